The minimum absolute atomic E-state index is 0.165. The molecule has 2 saturated heterocycles. The fourth-order valence-corrected chi connectivity index (χ4v) is 5.48. The third kappa shape index (κ3) is 9.11. The van der Waals surface area contributed by atoms with Gasteiger partial charge < -0.3 is 26.0 Å². The molecule has 2 fully saturated rings. The van der Waals surface area contributed by atoms with Gasteiger partial charge in [-0.25, -0.2) is 0 Å². The van der Waals surface area contributed by atoms with Gasteiger partial charge in [0.15, 0.2) is 5.78 Å². The van der Waals surface area contributed by atoms with Crippen molar-refractivity contribution in [3.8, 4) is 0 Å². The number of benzene rings is 1. The van der Waals surface area contributed by atoms with E-state index in [0.717, 1.165) is 18.4 Å². The van der Waals surface area contributed by atoms with Crippen LogP contribution in [0.5, 0.6) is 0 Å². The predicted molar refractivity (Wildman–Crippen MR) is 155 cm³/mol. The molecule has 0 aromatic heterocycles. The van der Waals surface area contributed by atoms with E-state index in [9.17, 15) is 29.1 Å². The van der Waals surface area contributed by atoms with E-state index in [4.69, 9.17) is 0 Å². The number of hydrogen-bond donors (Lipinski definition) is 4. The number of ketones is 1. The van der Waals surface area contributed by atoms with Crippen molar-refractivity contribution in [1.82, 2.24) is 20.9 Å². The van der Waals surface area contributed by atoms with E-state index in [-0.39, 0.29) is 36.4 Å². The number of aliphatic hydroxyl groups excluding tert-OH is 1. The van der Waals surface area contributed by atoms with Gasteiger partial charge in [-0.3, -0.25) is 24.0 Å². The Morgan fingerprint density at radius 2 is 1.61 bits per heavy atom. The van der Waals surface area contributed by atoms with Gasteiger partial charge in [0.2, 0.25) is 23.6 Å². The summed E-state index contributed by atoms with van der Waals surface area (Å²) in [6.45, 7) is 5.72. The third-order valence-electron chi connectivity index (χ3n) is 8.30. The Labute approximate surface area is 243 Å². The van der Waals surface area contributed by atoms with Crippen molar-refractivity contribution >= 4 is 29.4 Å². The Hall–Kier alpha value is -3.27. The summed E-state index contributed by atoms with van der Waals surface area (Å²) in [5.74, 6) is -1.91. The Morgan fingerprint density at radius 3 is 2.29 bits per heavy atom. The molecule has 1 aromatic carbocycles. The molecule has 0 spiro atoms. The smallest absolute Gasteiger partial charge is 0.246 e. The Morgan fingerprint density at radius 1 is 0.927 bits per heavy atom. The fourth-order valence-electron chi connectivity index (χ4n) is 5.48. The van der Waals surface area contributed by atoms with E-state index in [1.165, 1.54) is 6.92 Å². The van der Waals surface area contributed by atoms with Gasteiger partial charge >= 0.3 is 0 Å². The molecule has 3 rings (SSSR count). The average molecular weight is 571 g/mol. The first-order valence-electron chi connectivity index (χ1n) is 15.1. The van der Waals surface area contributed by atoms with E-state index >= 15 is 0 Å². The number of piperidine rings is 1. The normalized spacial score (nSPS) is 25.5. The van der Waals surface area contributed by atoms with Gasteiger partial charge in [-0.2, -0.15) is 0 Å². The predicted octanol–water partition coefficient (Wildman–Crippen LogP) is 2.02. The molecular weight excluding hydrogens is 524 g/mol. The quantitative estimate of drug-likeness (QED) is 0.300. The first-order chi connectivity index (χ1) is 19.6. The summed E-state index contributed by atoms with van der Waals surface area (Å²) in [6.07, 6.45) is 4.25. The van der Waals surface area contributed by atoms with Gasteiger partial charge in [-0.1, -0.05) is 63.4 Å². The molecule has 0 radical (unpaired) electrons. The molecule has 4 N–H and O–H groups in total. The third-order valence-corrected chi connectivity index (χ3v) is 8.30. The van der Waals surface area contributed by atoms with Gasteiger partial charge in [-0.15, -0.1) is 0 Å². The van der Waals surface area contributed by atoms with Crippen LogP contribution >= 0.6 is 0 Å². The molecule has 0 unspecified atom stereocenters. The molecule has 4 amide bonds. The van der Waals surface area contributed by atoms with Crippen molar-refractivity contribution in [2.75, 3.05) is 6.54 Å². The van der Waals surface area contributed by atoms with E-state index in [1.807, 2.05) is 44.2 Å². The van der Waals surface area contributed by atoms with Gasteiger partial charge in [0.05, 0.1) is 0 Å². The number of hydrogen-bond acceptors (Lipinski definition) is 6. The maximum atomic E-state index is 13.8. The maximum Gasteiger partial charge on any atom is 0.246 e. The molecule has 226 valence electrons. The lowest BCUT2D eigenvalue weighted by Gasteiger charge is -2.39. The second kappa shape index (κ2) is 15.7. The van der Waals surface area contributed by atoms with Crippen LogP contribution < -0.4 is 16.0 Å². The van der Waals surface area contributed by atoms with Crippen LogP contribution in [0.3, 0.4) is 0 Å². The van der Waals surface area contributed by atoms with Crippen LogP contribution in [0.15, 0.2) is 30.3 Å². The second-order valence-corrected chi connectivity index (χ2v) is 11.5. The number of nitrogens with zero attached hydrogens (tertiary/aromatic N) is 1. The number of carbonyl (C=O) groups excluding carboxylic acids is 5. The first kappa shape index (κ1) is 32.2. The molecule has 2 aliphatic heterocycles. The number of Topliss-reactive ketones (excluding diaryl/α,β-unsaturated/α-hetero) is 1. The number of rotatable bonds is 11. The van der Waals surface area contributed by atoms with Crippen LogP contribution in [0.4, 0.5) is 0 Å². The first-order valence-corrected chi connectivity index (χ1v) is 15.1. The van der Waals surface area contributed by atoms with Gasteiger partial charge in [0.1, 0.15) is 30.3 Å². The van der Waals surface area contributed by atoms with Crippen molar-refractivity contribution in [2.45, 2.75) is 115 Å². The van der Waals surface area contributed by atoms with Crippen molar-refractivity contribution in [3.63, 3.8) is 0 Å². The van der Waals surface area contributed by atoms with Crippen LogP contribution in [0.2, 0.25) is 0 Å². The standard InChI is InChI=1S/C31H46N4O6/c1-4-20(2)27-31(41)35-18-12-11-16-25(35)30(40)32-23(15-9-6-10-17-26(37)21(3)36)28(38)33-24(29(39)34-27)19-22-13-7-5-8-14-22/h5,7-8,13-14,20-21,23-25,27,36H,4,6,9-12,15-19H2,1-3H3,(H,32,40)(H,33,38)(H,34,39)/t20-,21+,23-,24-,25+,27-/m0/s1. The molecular formula is C31H46N4O6. The molecule has 0 saturated carbocycles. The maximum absolute atomic E-state index is 13.8. The van der Waals surface area contributed by atoms with Crippen molar-refractivity contribution in [3.05, 3.63) is 35.9 Å². The number of carbonyl (C=O) groups is 5. The number of unbranched alkanes of at least 4 members (excludes halogenated alkanes) is 2. The zero-order valence-electron chi connectivity index (χ0n) is 24.6. The lowest BCUT2D eigenvalue weighted by Crippen LogP contribution is -2.64. The Balaban J connectivity index is 1.87. The van der Waals surface area contributed by atoms with E-state index < -0.39 is 42.1 Å². The summed E-state index contributed by atoms with van der Waals surface area (Å²) >= 11 is 0. The minimum atomic E-state index is -1.000. The van der Waals surface area contributed by atoms with Crippen LogP contribution in [0.1, 0.15) is 84.1 Å². The lowest BCUT2D eigenvalue weighted by atomic mass is 9.93. The summed E-state index contributed by atoms with van der Waals surface area (Å²) in [7, 11) is 0. The number of nitrogens with one attached hydrogen (secondary N) is 3. The van der Waals surface area contributed by atoms with Crippen LogP contribution in [0.25, 0.3) is 0 Å². The molecule has 41 heavy (non-hydrogen) atoms. The van der Waals surface area contributed by atoms with E-state index in [0.29, 0.717) is 45.1 Å². The van der Waals surface area contributed by atoms with Crippen molar-refractivity contribution < 1.29 is 29.1 Å². The fraction of sp³-hybridized carbons (Fsp3) is 0.645. The molecule has 1 aromatic rings. The van der Waals surface area contributed by atoms with Crippen molar-refractivity contribution in [1.29, 1.82) is 0 Å². The Kier molecular flexibility index (Phi) is 12.3. The largest absolute Gasteiger partial charge is 0.386 e. The monoisotopic (exact) mass is 570 g/mol. The molecule has 0 aliphatic carbocycles. The summed E-state index contributed by atoms with van der Waals surface area (Å²) in [4.78, 5) is 68.0. The minimum Gasteiger partial charge on any atom is -0.386 e. The summed E-state index contributed by atoms with van der Waals surface area (Å²) in [5, 5.41) is 18.1. The van der Waals surface area contributed by atoms with Crippen molar-refractivity contribution in [2.24, 2.45) is 5.92 Å². The summed E-state index contributed by atoms with van der Waals surface area (Å²) < 4.78 is 0. The average Bonchev–Trinajstić information content (AvgIpc) is 2.97. The highest BCUT2D eigenvalue weighted by Gasteiger charge is 2.40. The highest BCUT2D eigenvalue weighted by atomic mass is 16.3. The zero-order chi connectivity index (χ0) is 29.9. The van der Waals surface area contributed by atoms with E-state index in [1.54, 1.807) is 4.90 Å². The van der Waals surface area contributed by atoms with Crippen LogP contribution in [0, 0.1) is 5.92 Å². The topological polar surface area (TPSA) is 145 Å². The molecule has 10 nitrogen and oxygen atoms in total. The van der Waals surface area contributed by atoms with Crippen LogP contribution in [-0.4, -0.2) is 76.2 Å². The summed E-state index contributed by atoms with van der Waals surface area (Å²) in [5.41, 5.74) is 0.853. The number of aliphatic hydroxyl groups is 1. The van der Waals surface area contributed by atoms with Gasteiger partial charge in [0.25, 0.3) is 0 Å². The molecule has 2 aliphatic rings. The van der Waals surface area contributed by atoms with Gasteiger partial charge in [-0.05, 0) is 50.5 Å². The summed E-state index contributed by atoms with van der Waals surface area (Å²) in [6, 6.07) is 5.98. The number of fused-ring (bicyclic) bond motifs is 1. The zero-order valence-corrected chi connectivity index (χ0v) is 24.6. The Bertz CT molecular complexity index is 1060. The van der Waals surface area contributed by atoms with E-state index in [2.05, 4.69) is 16.0 Å². The highest BCUT2D eigenvalue weighted by molar-refractivity contribution is 5.97. The highest BCUT2D eigenvalue weighted by Crippen LogP contribution is 2.22. The molecule has 2 heterocycles. The SMILES string of the molecule is CC[C@H](C)[C@@H]1NC(=O)[C@H](Cc2ccccc2)NC(=O)[C@H](CCCCCC(=O)[C@@H](C)O)NC(=O)[C@H]2CCCCN2C1=O. The molecule has 10 heteroatoms. The van der Waals surface area contributed by atoms with Gasteiger partial charge in [0, 0.05) is 19.4 Å². The number of amides is 4. The molecule has 0 bridgehead atoms. The van der Waals surface area contributed by atoms with Crippen LogP contribution in [-0.2, 0) is 30.4 Å². The lowest BCUT2D eigenvalue weighted by molar-refractivity contribution is -0.147. The second-order valence-electron chi connectivity index (χ2n) is 11.5. The molecule has 6 atom stereocenters.